The van der Waals surface area contributed by atoms with Crippen molar-refractivity contribution in [2.75, 3.05) is 17.7 Å². The lowest BCUT2D eigenvalue weighted by Gasteiger charge is -2.17. The van der Waals surface area contributed by atoms with Crippen molar-refractivity contribution >= 4 is 38.4 Å². The molecule has 0 amide bonds. The van der Waals surface area contributed by atoms with Gasteiger partial charge in [0, 0.05) is 6.04 Å². The maximum Gasteiger partial charge on any atom is 0.226 e. The van der Waals surface area contributed by atoms with Gasteiger partial charge < -0.3 is 25.4 Å². The first-order valence-electron chi connectivity index (χ1n) is 9.78. The number of nitrogens with zero attached hydrogens (tertiary/aromatic N) is 4. The molecule has 5 atom stereocenters. The molecule has 3 heterocycles. The van der Waals surface area contributed by atoms with Crippen molar-refractivity contribution in [1.82, 2.24) is 19.5 Å². The number of ether oxygens (including phenoxy) is 1. The van der Waals surface area contributed by atoms with E-state index < -0.39 is 47.0 Å². The van der Waals surface area contributed by atoms with Gasteiger partial charge in [0.2, 0.25) is 5.28 Å². The summed E-state index contributed by atoms with van der Waals surface area (Å²) in [6, 6.07) is 7.57. The van der Waals surface area contributed by atoms with Gasteiger partial charge >= 0.3 is 0 Å². The van der Waals surface area contributed by atoms with Gasteiger partial charge in [0.25, 0.3) is 0 Å². The molecule has 1 aromatic carbocycles. The number of hydrogen-bond acceptors (Lipinski definition) is 10. The van der Waals surface area contributed by atoms with E-state index in [1.54, 1.807) is 25.1 Å². The molecule has 0 bridgehead atoms. The second-order valence-electron chi connectivity index (χ2n) is 7.53. The SMILES string of the molecule is C[C@H](CS(=O)(=O)c1ccccc1)Nc1nc(Cl)nc2c1ncn2[C@@H]1O[C@H](CO)C(O)C1O. The molecule has 13 heteroatoms. The summed E-state index contributed by atoms with van der Waals surface area (Å²) in [6.45, 7) is 1.21. The van der Waals surface area contributed by atoms with Crippen LogP contribution in [0.3, 0.4) is 0 Å². The molecule has 1 saturated heterocycles. The number of imidazole rings is 1. The number of hydrogen-bond donors (Lipinski definition) is 4. The number of anilines is 1. The van der Waals surface area contributed by atoms with Crippen molar-refractivity contribution in [2.24, 2.45) is 0 Å². The topological polar surface area (TPSA) is 160 Å². The number of aromatic nitrogens is 4. The molecule has 3 aromatic rings. The Balaban J connectivity index is 1.61. The molecule has 11 nitrogen and oxygen atoms in total. The molecule has 2 aromatic heterocycles. The molecule has 0 aliphatic carbocycles. The van der Waals surface area contributed by atoms with Crippen molar-refractivity contribution in [3.63, 3.8) is 0 Å². The van der Waals surface area contributed by atoms with Gasteiger partial charge in [-0.3, -0.25) is 4.57 Å². The lowest BCUT2D eigenvalue weighted by molar-refractivity contribution is -0.0511. The highest BCUT2D eigenvalue weighted by molar-refractivity contribution is 7.91. The number of nitrogens with one attached hydrogen (secondary N) is 1. The molecule has 1 aliphatic rings. The maximum absolute atomic E-state index is 12.7. The maximum atomic E-state index is 12.7. The number of fused-ring (bicyclic) bond motifs is 1. The smallest absolute Gasteiger partial charge is 0.226 e. The van der Waals surface area contributed by atoms with Gasteiger partial charge in [0.15, 0.2) is 33.0 Å². The monoisotopic (exact) mass is 483 g/mol. The summed E-state index contributed by atoms with van der Waals surface area (Å²) >= 11 is 6.08. The highest BCUT2D eigenvalue weighted by Crippen LogP contribution is 2.33. The van der Waals surface area contributed by atoms with Crippen LogP contribution in [0.2, 0.25) is 5.28 Å². The quantitative estimate of drug-likeness (QED) is 0.345. The van der Waals surface area contributed by atoms with Crippen molar-refractivity contribution in [3.05, 3.63) is 41.9 Å². The van der Waals surface area contributed by atoms with E-state index in [2.05, 4.69) is 20.3 Å². The van der Waals surface area contributed by atoms with Crippen LogP contribution in [0.1, 0.15) is 13.2 Å². The Morgan fingerprint density at radius 1 is 1.22 bits per heavy atom. The van der Waals surface area contributed by atoms with Gasteiger partial charge in [-0.25, -0.2) is 13.4 Å². The Bertz CT molecular complexity index is 1210. The average molecular weight is 484 g/mol. The van der Waals surface area contributed by atoms with Crippen molar-refractivity contribution in [2.45, 2.75) is 42.4 Å². The Morgan fingerprint density at radius 2 is 1.94 bits per heavy atom. The van der Waals surface area contributed by atoms with E-state index in [1.165, 1.54) is 23.0 Å². The van der Waals surface area contributed by atoms with Crippen LogP contribution in [-0.4, -0.2) is 80.0 Å². The summed E-state index contributed by atoms with van der Waals surface area (Å²) in [4.78, 5) is 12.7. The van der Waals surface area contributed by atoms with Crippen LogP contribution in [-0.2, 0) is 14.6 Å². The first-order chi connectivity index (χ1) is 15.2. The number of sulfone groups is 1. The van der Waals surface area contributed by atoms with Crippen molar-refractivity contribution in [3.8, 4) is 0 Å². The highest BCUT2D eigenvalue weighted by Gasteiger charge is 2.44. The Hall–Kier alpha value is -2.35. The molecule has 1 aliphatic heterocycles. The minimum Gasteiger partial charge on any atom is -0.394 e. The van der Waals surface area contributed by atoms with Crippen molar-refractivity contribution < 1.29 is 28.5 Å². The lowest BCUT2D eigenvalue weighted by atomic mass is 10.1. The van der Waals surface area contributed by atoms with E-state index >= 15 is 0 Å². The normalized spacial score (nSPS) is 24.7. The number of aliphatic hydroxyl groups is 3. The fraction of sp³-hybridized carbons (Fsp3) is 0.421. The molecule has 0 radical (unpaired) electrons. The van der Waals surface area contributed by atoms with E-state index in [4.69, 9.17) is 16.3 Å². The summed E-state index contributed by atoms with van der Waals surface area (Å²) in [6.07, 6.45) is -3.30. The van der Waals surface area contributed by atoms with Crippen LogP contribution >= 0.6 is 11.6 Å². The molecular formula is C19H22ClN5O6S. The third kappa shape index (κ3) is 4.29. The first-order valence-corrected chi connectivity index (χ1v) is 11.8. The summed E-state index contributed by atoms with van der Waals surface area (Å²) in [5.41, 5.74) is 0.483. The summed E-state index contributed by atoms with van der Waals surface area (Å²) in [5, 5.41) is 32.5. The molecule has 0 saturated carbocycles. The average Bonchev–Trinajstić information content (AvgIpc) is 3.29. The summed E-state index contributed by atoms with van der Waals surface area (Å²) in [7, 11) is -3.54. The van der Waals surface area contributed by atoms with Crippen LogP contribution in [0, 0.1) is 0 Å². The van der Waals surface area contributed by atoms with Gasteiger partial charge in [0.1, 0.15) is 18.3 Å². The zero-order valence-corrected chi connectivity index (χ0v) is 18.5. The third-order valence-electron chi connectivity index (χ3n) is 5.14. The van der Waals surface area contributed by atoms with Gasteiger partial charge in [-0.1, -0.05) is 18.2 Å². The number of halogens is 1. The fourth-order valence-electron chi connectivity index (χ4n) is 3.61. The number of rotatable bonds is 7. The number of benzene rings is 1. The lowest BCUT2D eigenvalue weighted by Crippen LogP contribution is -2.33. The minimum atomic E-state index is -3.54. The van der Waals surface area contributed by atoms with E-state index in [0.29, 0.717) is 0 Å². The van der Waals surface area contributed by atoms with E-state index in [0.717, 1.165) is 0 Å². The van der Waals surface area contributed by atoms with Gasteiger partial charge in [0.05, 0.1) is 23.6 Å². The molecule has 4 N–H and O–H groups in total. The largest absolute Gasteiger partial charge is 0.394 e. The molecule has 0 spiro atoms. The van der Waals surface area contributed by atoms with Crippen LogP contribution in [0.15, 0.2) is 41.6 Å². The van der Waals surface area contributed by atoms with Gasteiger partial charge in [-0.05, 0) is 30.7 Å². The summed E-state index contributed by atoms with van der Waals surface area (Å²) in [5.74, 6) is 0.0107. The Morgan fingerprint density at radius 3 is 2.59 bits per heavy atom. The van der Waals surface area contributed by atoms with Crippen LogP contribution < -0.4 is 5.32 Å². The van der Waals surface area contributed by atoms with E-state index in [1.807, 2.05) is 0 Å². The van der Waals surface area contributed by atoms with Crippen LogP contribution in [0.4, 0.5) is 5.82 Å². The van der Waals surface area contributed by atoms with E-state index in [-0.39, 0.29) is 32.9 Å². The molecule has 2 unspecified atom stereocenters. The van der Waals surface area contributed by atoms with Crippen LogP contribution in [0.25, 0.3) is 11.2 Å². The number of aliphatic hydroxyl groups excluding tert-OH is 3. The molecule has 1 fully saturated rings. The predicted molar refractivity (Wildman–Crippen MR) is 115 cm³/mol. The highest BCUT2D eigenvalue weighted by atomic mass is 35.5. The van der Waals surface area contributed by atoms with E-state index in [9.17, 15) is 23.7 Å². The summed E-state index contributed by atoms with van der Waals surface area (Å²) < 4.78 is 32.2. The van der Waals surface area contributed by atoms with Crippen LogP contribution in [0.5, 0.6) is 0 Å². The standard InChI is InChI=1S/C19H22ClN5O6S/c1-10(8-32(29,30)11-5-3-2-4-6-11)22-16-13-17(24-19(20)23-16)25(9-21-13)18-15(28)14(27)12(7-26)31-18/h2-6,9-10,12,14-15,18,26-28H,7-8H2,1H3,(H,22,23,24)/t10-,12-,14?,15?,18-/m1/s1. The minimum absolute atomic E-state index is 0.133. The molecular weight excluding hydrogens is 462 g/mol. The molecule has 32 heavy (non-hydrogen) atoms. The second-order valence-corrected chi connectivity index (χ2v) is 9.91. The zero-order valence-electron chi connectivity index (χ0n) is 16.9. The fourth-order valence-corrected chi connectivity index (χ4v) is 5.29. The second kappa shape index (κ2) is 8.89. The Kier molecular flexibility index (Phi) is 6.34. The first kappa shape index (κ1) is 22.8. The van der Waals surface area contributed by atoms with Gasteiger partial charge in [-0.15, -0.1) is 0 Å². The Labute approximate surface area is 188 Å². The molecule has 172 valence electrons. The third-order valence-corrected chi connectivity index (χ3v) is 7.24. The predicted octanol–water partition coefficient (Wildman–Crippen LogP) is 0.365. The zero-order chi connectivity index (χ0) is 23.0. The van der Waals surface area contributed by atoms with Crippen molar-refractivity contribution in [1.29, 1.82) is 0 Å². The van der Waals surface area contributed by atoms with Gasteiger partial charge in [-0.2, -0.15) is 9.97 Å². The molecule has 4 rings (SSSR count).